The number of aryl methyl sites for hydroxylation is 2. The van der Waals surface area contributed by atoms with Gasteiger partial charge in [0, 0.05) is 23.4 Å². The molecule has 0 unspecified atom stereocenters. The van der Waals surface area contributed by atoms with E-state index in [1.807, 2.05) is 0 Å². The molecule has 0 spiro atoms. The molecule has 24 heavy (non-hydrogen) atoms. The molecule has 6 heteroatoms. The highest BCUT2D eigenvalue weighted by Crippen LogP contribution is 2.24. The predicted octanol–water partition coefficient (Wildman–Crippen LogP) is 2.57. The van der Waals surface area contributed by atoms with E-state index in [1.165, 1.54) is 24.8 Å². The van der Waals surface area contributed by atoms with Crippen molar-refractivity contribution in [2.75, 3.05) is 5.32 Å². The van der Waals surface area contributed by atoms with E-state index >= 15 is 0 Å². The molecule has 3 rings (SSSR count). The Morgan fingerprint density at radius 1 is 1.08 bits per heavy atom. The molecule has 2 heterocycles. The van der Waals surface area contributed by atoms with E-state index in [4.69, 9.17) is 0 Å². The molecular formula is C18H25N5O. The van der Waals surface area contributed by atoms with Gasteiger partial charge in [0.1, 0.15) is 12.1 Å². The Hall–Kier alpha value is -2.24. The number of anilines is 1. The molecule has 1 aliphatic rings. The van der Waals surface area contributed by atoms with Gasteiger partial charge in [0.2, 0.25) is 0 Å². The molecular weight excluding hydrogens is 302 g/mol. The number of nitrogens with one attached hydrogen (secondary N) is 2. The quantitative estimate of drug-likeness (QED) is 0.825. The fourth-order valence-corrected chi connectivity index (χ4v) is 3.48. The third-order valence-electron chi connectivity index (χ3n) is 4.78. The van der Waals surface area contributed by atoms with Crippen LogP contribution in [0.15, 0.2) is 11.1 Å². The van der Waals surface area contributed by atoms with Crippen molar-refractivity contribution in [1.29, 1.82) is 0 Å². The number of H-pyrrole nitrogens is 1. The highest BCUT2D eigenvalue weighted by molar-refractivity contribution is 5.47. The van der Waals surface area contributed by atoms with Crippen LogP contribution in [0.3, 0.4) is 0 Å². The Labute approximate surface area is 142 Å². The monoisotopic (exact) mass is 327 g/mol. The van der Waals surface area contributed by atoms with Crippen molar-refractivity contribution < 1.29 is 0 Å². The molecule has 1 aliphatic carbocycles. The Bertz CT molecular complexity index is 768. The Kier molecular flexibility index (Phi) is 5.23. The van der Waals surface area contributed by atoms with Gasteiger partial charge in [-0.25, -0.2) is 15.1 Å². The first-order chi connectivity index (χ1) is 11.7. The normalized spacial score (nSPS) is 14.1. The lowest BCUT2D eigenvalue weighted by atomic mass is 10.0. The van der Waals surface area contributed by atoms with Crippen molar-refractivity contribution in [3.05, 3.63) is 44.8 Å². The maximum atomic E-state index is 12.2. The molecule has 0 radical (unpaired) electrons. The summed E-state index contributed by atoms with van der Waals surface area (Å²) in [5.74, 6) is 0.873. The van der Waals surface area contributed by atoms with Gasteiger partial charge in [0.25, 0.3) is 5.56 Å². The smallest absolute Gasteiger partial charge is 0.269 e. The first-order valence-electron chi connectivity index (χ1n) is 8.90. The molecule has 2 N–H and O–H groups in total. The summed E-state index contributed by atoms with van der Waals surface area (Å²) in [6.45, 7) is 4.59. The number of rotatable bonds is 5. The van der Waals surface area contributed by atoms with Crippen LogP contribution in [0.25, 0.3) is 0 Å². The molecule has 0 aromatic carbocycles. The van der Waals surface area contributed by atoms with E-state index in [2.05, 4.69) is 39.3 Å². The number of hydrogen-bond acceptors (Lipinski definition) is 5. The molecule has 0 atom stereocenters. The molecule has 2 aromatic heterocycles. The van der Waals surface area contributed by atoms with Crippen LogP contribution in [-0.4, -0.2) is 20.2 Å². The zero-order valence-corrected chi connectivity index (χ0v) is 14.5. The lowest BCUT2D eigenvalue weighted by Gasteiger charge is -2.14. The number of nitrogens with zero attached hydrogens (tertiary/aromatic N) is 3. The van der Waals surface area contributed by atoms with Gasteiger partial charge in [-0.3, -0.25) is 4.79 Å². The highest BCUT2D eigenvalue weighted by Gasteiger charge is 2.16. The summed E-state index contributed by atoms with van der Waals surface area (Å²) in [5.41, 5.74) is 5.04. The maximum Gasteiger partial charge on any atom is 0.269 e. The van der Waals surface area contributed by atoms with Gasteiger partial charge >= 0.3 is 0 Å². The number of hydrogen-bond donors (Lipinski definition) is 2. The predicted molar refractivity (Wildman–Crippen MR) is 94.2 cm³/mol. The summed E-state index contributed by atoms with van der Waals surface area (Å²) in [7, 11) is 0. The van der Waals surface area contributed by atoms with E-state index in [0.29, 0.717) is 6.54 Å². The average molecular weight is 327 g/mol. The van der Waals surface area contributed by atoms with Gasteiger partial charge in [-0.05, 0) is 44.1 Å². The van der Waals surface area contributed by atoms with E-state index in [-0.39, 0.29) is 5.56 Å². The van der Waals surface area contributed by atoms with Crippen LogP contribution in [-0.2, 0) is 32.2 Å². The second-order valence-electron chi connectivity index (χ2n) is 6.23. The van der Waals surface area contributed by atoms with Gasteiger partial charge < -0.3 is 5.32 Å². The van der Waals surface area contributed by atoms with Crippen LogP contribution in [0.4, 0.5) is 5.82 Å². The SMILES string of the molecule is CCc1n[nH]c(=O)c(CNc2ncnc3c2CCCCC3)c1CC. The number of fused-ring (bicyclic) bond motifs is 1. The van der Waals surface area contributed by atoms with Gasteiger partial charge in [-0.2, -0.15) is 5.10 Å². The fraction of sp³-hybridized carbons (Fsp3) is 0.556. The molecule has 128 valence electrons. The van der Waals surface area contributed by atoms with E-state index in [0.717, 1.165) is 54.0 Å². The Morgan fingerprint density at radius 2 is 1.92 bits per heavy atom. The molecule has 0 fully saturated rings. The molecule has 0 saturated heterocycles. The summed E-state index contributed by atoms with van der Waals surface area (Å²) in [5, 5.41) is 10.2. The van der Waals surface area contributed by atoms with Gasteiger partial charge in [0.15, 0.2) is 0 Å². The van der Waals surface area contributed by atoms with Crippen LogP contribution in [0.1, 0.15) is 61.2 Å². The average Bonchev–Trinajstić information content (AvgIpc) is 2.86. The molecule has 0 bridgehead atoms. The van der Waals surface area contributed by atoms with Gasteiger partial charge in [-0.15, -0.1) is 0 Å². The van der Waals surface area contributed by atoms with E-state index in [9.17, 15) is 4.79 Å². The van der Waals surface area contributed by atoms with Crippen LogP contribution >= 0.6 is 0 Å². The largest absolute Gasteiger partial charge is 0.365 e. The van der Waals surface area contributed by atoms with E-state index < -0.39 is 0 Å². The maximum absolute atomic E-state index is 12.2. The molecule has 2 aromatic rings. The Balaban J connectivity index is 1.88. The molecule has 0 saturated carbocycles. The van der Waals surface area contributed by atoms with Gasteiger partial charge in [-0.1, -0.05) is 20.3 Å². The minimum absolute atomic E-state index is 0.114. The molecule has 0 aliphatic heterocycles. The minimum atomic E-state index is -0.114. The number of aromatic amines is 1. The second-order valence-corrected chi connectivity index (χ2v) is 6.23. The van der Waals surface area contributed by atoms with Crippen molar-refractivity contribution in [3.63, 3.8) is 0 Å². The van der Waals surface area contributed by atoms with Crippen LogP contribution < -0.4 is 10.9 Å². The third-order valence-corrected chi connectivity index (χ3v) is 4.78. The fourth-order valence-electron chi connectivity index (χ4n) is 3.48. The first kappa shape index (κ1) is 16.6. The lowest BCUT2D eigenvalue weighted by Crippen LogP contribution is -2.22. The third kappa shape index (κ3) is 3.32. The van der Waals surface area contributed by atoms with Crippen molar-refractivity contribution in [1.82, 2.24) is 20.2 Å². The highest BCUT2D eigenvalue weighted by atomic mass is 16.1. The van der Waals surface area contributed by atoms with Crippen molar-refractivity contribution in [2.24, 2.45) is 0 Å². The minimum Gasteiger partial charge on any atom is -0.365 e. The topological polar surface area (TPSA) is 83.6 Å². The molecule has 0 amide bonds. The number of aromatic nitrogens is 4. The standard InChI is InChI=1S/C18H25N5O/c1-3-12-14(18(24)23-22-15(12)4-2)10-19-17-13-8-6-5-7-9-16(13)20-11-21-17/h11H,3-10H2,1-2H3,(H,23,24)(H,19,20,21). The van der Waals surface area contributed by atoms with Crippen molar-refractivity contribution in [3.8, 4) is 0 Å². The zero-order chi connectivity index (χ0) is 16.9. The summed E-state index contributed by atoms with van der Waals surface area (Å²) >= 11 is 0. The van der Waals surface area contributed by atoms with Crippen LogP contribution in [0.5, 0.6) is 0 Å². The first-order valence-corrected chi connectivity index (χ1v) is 8.90. The van der Waals surface area contributed by atoms with Crippen LogP contribution in [0, 0.1) is 0 Å². The summed E-state index contributed by atoms with van der Waals surface area (Å²) < 4.78 is 0. The van der Waals surface area contributed by atoms with Crippen LogP contribution in [0.2, 0.25) is 0 Å². The summed E-state index contributed by atoms with van der Waals surface area (Å²) in [6.07, 6.45) is 8.86. The second kappa shape index (κ2) is 7.55. The zero-order valence-electron chi connectivity index (χ0n) is 14.5. The van der Waals surface area contributed by atoms with Crippen molar-refractivity contribution >= 4 is 5.82 Å². The lowest BCUT2D eigenvalue weighted by molar-refractivity contribution is 0.708. The molecule has 6 nitrogen and oxygen atoms in total. The summed E-state index contributed by atoms with van der Waals surface area (Å²) in [6, 6.07) is 0. The van der Waals surface area contributed by atoms with Crippen molar-refractivity contribution in [2.45, 2.75) is 65.3 Å². The van der Waals surface area contributed by atoms with Gasteiger partial charge in [0.05, 0.1) is 5.69 Å². The Morgan fingerprint density at radius 3 is 2.71 bits per heavy atom. The van der Waals surface area contributed by atoms with E-state index in [1.54, 1.807) is 6.33 Å². The summed E-state index contributed by atoms with van der Waals surface area (Å²) in [4.78, 5) is 21.1.